The minimum atomic E-state index is -0.399. The molecule has 5 heteroatoms. The number of benzene rings is 2. The number of hydrogen-bond acceptors (Lipinski definition) is 3. The largest absolute Gasteiger partial charge is 0.348 e. The van der Waals surface area contributed by atoms with Crippen LogP contribution in [0.3, 0.4) is 0 Å². The zero-order valence-electron chi connectivity index (χ0n) is 13.8. The van der Waals surface area contributed by atoms with Gasteiger partial charge in [-0.25, -0.2) is 9.48 Å². The summed E-state index contributed by atoms with van der Waals surface area (Å²) in [5.74, 6) is 0. The normalized spacial score (nSPS) is 10.8. The number of rotatable bonds is 4. The SMILES string of the molecule is Cc1ccc(Cn2ncc(=O)n(Cc3ccc(C)cc3)c2=O)cc1. The Labute approximate surface area is 139 Å². The van der Waals surface area contributed by atoms with Crippen LogP contribution in [0.5, 0.6) is 0 Å². The van der Waals surface area contributed by atoms with E-state index in [0.717, 1.165) is 22.3 Å². The zero-order chi connectivity index (χ0) is 17.1. The fourth-order valence-electron chi connectivity index (χ4n) is 2.47. The van der Waals surface area contributed by atoms with Gasteiger partial charge in [0.2, 0.25) is 0 Å². The Morgan fingerprint density at radius 1 is 0.792 bits per heavy atom. The Kier molecular flexibility index (Phi) is 4.42. The molecule has 0 aliphatic rings. The summed E-state index contributed by atoms with van der Waals surface area (Å²) in [6, 6.07) is 15.7. The molecule has 0 saturated carbocycles. The van der Waals surface area contributed by atoms with E-state index < -0.39 is 5.69 Å². The molecule has 122 valence electrons. The first-order valence-electron chi connectivity index (χ1n) is 7.81. The lowest BCUT2D eigenvalue weighted by molar-refractivity contribution is 0.541. The van der Waals surface area contributed by atoms with Crippen molar-refractivity contribution in [2.24, 2.45) is 0 Å². The van der Waals surface area contributed by atoms with Crippen LogP contribution in [-0.4, -0.2) is 14.3 Å². The summed E-state index contributed by atoms with van der Waals surface area (Å²) in [7, 11) is 0. The molecule has 0 aliphatic heterocycles. The maximum atomic E-state index is 12.6. The molecule has 1 aromatic heterocycles. The third-order valence-electron chi connectivity index (χ3n) is 3.94. The lowest BCUT2D eigenvalue weighted by Gasteiger charge is -2.09. The van der Waals surface area contributed by atoms with Gasteiger partial charge in [0.25, 0.3) is 5.56 Å². The average Bonchev–Trinajstić information content (AvgIpc) is 2.58. The topological polar surface area (TPSA) is 56.9 Å². The fraction of sp³-hybridized carbons (Fsp3) is 0.211. The van der Waals surface area contributed by atoms with Crippen molar-refractivity contribution >= 4 is 0 Å². The van der Waals surface area contributed by atoms with Gasteiger partial charge >= 0.3 is 5.69 Å². The molecular weight excluding hydrogens is 302 g/mol. The Morgan fingerprint density at radius 3 is 1.83 bits per heavy atom. The molecule has 0 atom stereocenters. The molecule has 3 aromatic rings. The summed E-state index contributed by atoms with van der Waals surface area (Å²) >= 11 is 0. The molecule has 0 unspecified atom stereocenters. The van der Waals surface area contributed by atoms with Crippen LogP contribution in [0.2, 0.25) is 0 Å². The van der Waals surface area contributed by atoms with Crippen LogP contribution in [0.25, 0.3) is 0 Å². The molecule has 5 nitrogen and oxygen atoms in total. The van der Waals surface area contributed by atoms with Crippen LogP contribution in [0.15, 0.2) is 64.3 Å². The summed E-state index contributed by atoms with van der Waals surface area (Å²) in [6.07, 6.45) is 1.20. The molecule has 24 heavy (non-hydrogen) atoms. The Hall–Kier alpha value is -2.95. The van der Waals surface area contributed by atoms with Gasteiger partial charge in [-0.2, -0.15) is 5.10 Å². The van der Waals surface area contributed by atoms with Crippen LogP contribution in [0.4, 0.5) is 0 Å². The molecule has 1 heterocycles. The Bertz CT molecular complexity index is 952. The van der Waals surface area contributed by atoms with E-state index in [1.165, 1.54) is 15.4 Å². The van der Waals surface area contributed by atoms with E-state index in [1.807, 2.05) is 62.4 Å². The Morgan fingerprint density at radius 2 is 1.29 bits per heavy atom. The molecule has 3 rings (SSSR count). The van der Waals surface area contributed by atoms with E-state index in [4.69, 9.17) is 0 Å². The summed E-state index contributed by atoms with van der Waals surface area (Å²) in [5, 5.41) is 3.98. The maximum Gasteiger partial charge on any atom is 0.348 e. The first kappa shape index (κ1) is 15.9. The number of hydrogen-bond donors (Lipinski definition) is 0. The van der Waals surface area contributed by atoms with Crippen molar-refractivity contribution in [2.45, 2.75) is 26.9 Å². The van der Waals surface area contributed by atoms with Crippen LogP contribution in [-0.2, 0) is 13.1 Å². The minimum Gasteiger partial charge on any atom is -0.267 e. The van der Waals surface area contributed by atoms with Gasteiger partial charge in [-0.3, -0.25) is 9.36 Å². The Balaban J connectivity index is 1.92. The van der Waals surface area contributed by atoms with Gasteiger partial charge in [0.15, 0.2) is 0 Å². The van der Waals surface area contributed by atoms with Crippen LogP contribution >= 0.6 is 0 Å². The lowest BCUT2D eigenvalue weighted by atomic mass is 10.1. The van der Waals surface area contributed by atoms with Gasteiger partial charge in [-0.1, -0.05) is 59.7 Å². The second-order valence-corrected chi connectivity index (χ2v) is 5.98. The summed E-state index contributed by atoms with van der Waals surface area (Å²) in [5.41, 5.74) is 3.38. The lowest BCUT2D eigenvalue weighted by Crippen LogP contribution is -2.41. The van der Waals surface area contributed by atoms with Crippen LogP contribution in [0, 0.1) is 13.8 Å². The summed E-state index contributed by atoms with van der Waals surface area (Å²) in [6.45, 7) is 4.59. The number of nitrogens with zero attached hydrogens (tertiary/aromatic N) is 3. The van der Waals surface area contributed by atoms with E-state index in [-0.39, 0.29) is 12.1 Å². The van der Waals surface area contributed by atoms with Gasteiger partial charge in [0.05, 0.1) is 13.1 Å². The summed E-state index contributed by atoms with van der Waals surface area (Å²) in [4.78, 5) is 24.6. The van der Waals surface area contributed by atoms with Gasteiger partial charge in [-0.15, -0.1) is 0 Å². The molecule has 0 saturated heterocycles. The van der Waals surface area contributed by atoms with Gasteiger partial charge < -0.3 is 0 Å². The molecule has 0 bridgehead atoms. The zero-order valence-corrected chi connectivity index (χ0v) is 13.8. The predicted molar refractivity (Wildman–Crippen MR) is 93.3 cm³/mol. The van der Waals surface area contributed by atoms with Crippen molar-refractivity contribution in [2.75, 3.05) is 0 Å². The highest BCUT2D eigenvalue weighted by atomic mass is 16.2. The molecule has 0 aliphatic carbocycles. The van der Waals surface area contributed by atoms with E-state index >= 15 is 0 Å². The van der Waals surface area contributed by atoms with Gasteiger partial charge in [0, 0.05) is 0 Å². The van der Waals surface area contributed by atoms with Crippen molar-refractivity contribution in [1.29, 1.82) is 0 Å². The van der Waals surface area contributed by atoms with E-state index in [1.54, 1.807) is 0 Å². The molecule has 0 spiro atoms. The molecule has 0 N–H and O–H groups in total. The van der Waals surface area contributed by atoms with Crippen LogP contribution in [0.1, 0.15) is 22.3 Å². The van der Waals surface area contributed by atoms with Gasteiger partial charge in [-0.05, 0) is 25.0 Å². The van der Waals surface area contributed by atoms with E-state index in [2.05, 4.69) is 5.10 Å². The van der Waals surface area contributed by atoms with Crippen molar-refractivity contribution in [3.05, 3.63) is 97.8 Å². The molecule has 0 radical (unpaired) electrons. The molecule has 2 aromatic carbocycles. The third-order valence-corrected chi connectivity index (χ3v) is 3.94. The average molecular weight is 321 g/mol. The minimum absolute atomic E-state index is 0.244. The summed E-state index contributed by atoms with van der Waals surface area (Å²) < 4.78 is 2.53. The fourth-order valence-corrected chi connectivity index (χ4v) is 2.47. The predicted octanol–water partition coefficient (Wildman–Crippen LogP) is 2.12. The van der Waals surface area contributed by atoms with Gasteiger partial charge in [0.1, 0.15) is 6.20 Å². The first-order valence-corrected chi connectivity index (χ1v) is 7.81. The molecular formula is C19H19N3O2. The quantitative estimate of drug-likeness (QED) is 0.739. The first-order chi connectivity index (χ1) is 11.5. The van der Waals surface area contributed by atoms with E-state index in [0.29, 0.717) is 6.54 Å². The monoisotopic (exact) mass is 321 g/mol. The molecule has 0 fully saturated rings. The highest BCUT2D eigenvalue weighted by Crippen LogP contribution is 2.05. The third kappa shape index (κ3) is 3.51. The van der Waals surface area contributed by atoms with Crippen molar-refractivity contribution < 1.29 is 0 Å². The van der Waals surface area contributed by atoms with Crippen molar-refractivity contribution in [3.63, 3.8) is 0 Å². The number of aryl methyl sites for hydroxylation is 2. The van der Waals surface area contributed by atoms with Crippen molar-refractivity contribution in [1.82, 2.24) is 14.3 Å². The smallest absolute Gasteiger partial charge is 0.267 e. The van der Waals surface area contributed by atoms with Crippen molar-refractivity contribution in [3.8, 4) is 0 Å². The maximum absolute atomic E-state index is 12.6. The number of aromatic nitrogens is 3. The standard InChI is InChI=1S/C19H19N3O2/c1-14-3-7-16(8-4-14)12-21-18(23)11-20-22(19(21)24)13-17-9-5-15(2)6-10-17/h3-11H,12-13H2,1-2H3. The van der Waals surface area contributed by atoms with Crippen LogP contribution < -0.4 is 11.2 Å². The highest BCUT2D eigenvalue weighted by molar-refractivity contribution is 5.22. The second kappa shape index (κ2) is 6.66. The highest BCUT2D eigenvalue weighted by Gasteiger charge is 2.08. The van der Waals surface area contributed by atoms with E-state index in [9.17, 15) is 9.59 Å². The molecule has 0 amide bonds. The second-order valence-electron chi connectivity index (χ2n) is 5.98.